The molecule has 1 aliphatic heterocycles. The quantitative estimate of drug-likeness (QED) is 0.897. The first-order chi connectivity index (χ1) is 10.1. The second-order valence-electron chi connectivity index (χ2n) is 4.73. The summed E-state index contributed by atoms with van der Waals surface area (Å²) < 4.78 is 27.9. The molecule has 0 radical (unpaired) electrons. The highest BCUT2D eigenvalue weighted by Crippen LogP contribution is 2.33. The summed E-state index contributed by atoms with van der Waals surface area (Å²) in [5.41, 5.74) is 7.10. The van der Waals surface area contributed by atoms with Crippen LogP contribution in [0.5, 0.6) is 0 Å². The molecule has 2 N–H and O–H groups in total. The van der Waals surface area contributed by atoms with Gasteiger partial charge in [0.05, 0.1) is 12.6 Å². The van der Waals surface area contributed by atoms with Crippen LogP contribution in [-0.2, 0) is 0 Å². The van der Waals surface area contributed by atoms with E-state index in [4.69, 9.17) is 5.73 Å². The molecular weight excluding hydrogens is 340 g/mol. The van der Waals surface area contributed by atoms with E-state index in [0.717, 1.165) is 0 Å². The van der Waals surface area contributed by atoms with Gasteiger partial charge in [-0.3, -0.25) is 4.99 Å². The van der Waals surface area contributed by atoms with E-state index in [2.05, 4.69) is 20.9 Å². The lowest BCUT2D eigenvalue weighted by Crippen LogP contribution is -2.36. The van der Waals surface area contributed by atoms with Crippen molar-refractivity contribution in [3.8, 4) is 0 Å². The standard InChI is InChI=1S/C15H12BrF2N3/c16-9-1-6-12(13(18)7-9)14-8-20-15(19)21(14)11-4-2-10(17)3-5-11/h1-7,14H,8H2,(H2,19,20). The molecule has 21 heavy (non-hydrogen) atoms. The van der Waals surface area contributed by atoms with Crippen molar-refractivity contribution in [1.82, 2.24) is 0 Å². The molecular formula is C15H12BrF2N3. The number of nitrogens with two attached hydrogens (primary N) is 1. The smallest absolute Gasteiger partial charge is 0.196 e. The molecule has 108 valence electrons. The maximum Gasteiger partial charge on any atom is 0.196 e. The first kappa shape index (κ1) is 14.0. The lowest BCUT2D eigenvalue weighted by Gasteiger charge is -2.27. The number of halogens is 3. The highest BCUT2D eigenvalue weighted by molar-refractivity contribution is 9.10. The topological polar surface area (TPSA) is 41.6 Å². The van der Waals surface area contributed by atoms with Crippen molar-refractivity contribution in [2.45, 2.75) is 6.04 Å². The van der Waals surface area contributed by atoms with Crippen molar-refractivity contribution < 1.29 is 8.78 Å². The lowest BCUT2D eigenvalue weighted by molar-refractivity contribution is 0.588. The number of guanidine groups is 1. The minimum Gasteiger partial charge on any atom is -0.369 e. The normalized spacial score (nSPS) is 18.0. The molecule has 1 aliphatic rings. The van der Waals surface area contributed by atoms with Gasteiger partial charge in [-0.25, -0.2) is 8.78 Å². The summed E-state index contributed by atoms with van der Waals surface area (Å²) in [5.74, 6) is -0.361. The number of hydrogen-bond donors (Lipinski definition) is 1. The molecule has 1 heterocycles. The first-order valence-electron chi connectivity index (χ1n) is 6.36. The van der Waals surface area contributed by atoms with Gasteiger partial charge in [0.25, 0.3) is 0 Å². The average Bonchev–Trinajstić information content (AvgIpc) is 2.82. The van der Waals surface area contributed by atoms with Crippen LogP contribution in [0.4, 0.5) is 14.5 Å². The Balaban J connectivity index is 2.00. The highest BCUT2D eigenvalue weighted by atomic mass is 79.9. The Bertz CT molecular complexity index is 701. The van der Waals surface area contributed by atoms with Gasteiger partial charge in [-0.05, 0) is 36.4 Å². The fraction of sp³-hybridized carbons (Fsp3) is 0.133. The zero-order valence-electron chi connectivity index (χ0n) is 10.9. The van der Waals surface area contributed by atoms with E-state index in [9.17, 15) is 8.78 Å². The van der Waals surface area contributed by atoms with Crippen molar-refractivity contribution in [3.63, 3.8) is 0 Å². The van der Waals surface area contributed by atoms with Crippen LogP contribution in [-0.4, -0.2) is 12.5 Å². The van der Waals surface area contributed by atoms with Crippen LogP contribution >= 0.6 is 15.9 Å². The highest BCUT2D eigenvalue weighted by Gasteiger charge is 2.30. The SMILES string of the molecule is NC1=NCC(c2ccc(Br)cc2F)N1c1ccc(F)cc1. The Morgan fingerprint density at radius 2 is 1.86 bits per heavy atom. The largest absolute Gasteiger partial charge is 0.369 e. The summed E-state index contributed by atoms with van der Waals surface area (Å²) in [5, 5.41) is 0. The Morgan fingerprint density at radius 1 is 1.14 bits per heavy atom. The van der Waals surface area contributed by atoms with Gasteiger partial charge in [-0.15, -0.1) is 0 Å². The fourth-order valence-electron chi connectivity index (χ4n) is 2.42. The van der Waals surface area contributed by atoms with E-state index in [1.165, 1.54) is 18.2 Å². The van der Waals surface area contributed by atoms with Gasteiger partial charge in [-0.1, -0.05) is 22.0 Å². The van der Waals surface area contributed by atoms with E-state index in [1.807, 2.05) is 0 Å². The molecule has 3 nitrogen and oxygen atoms in total. The van der Waals surface area contributed by atoms with E-state index in [1.54, 1.807) is 29.2 Å². The molecule has 0 saturated heterocycles. The molecule has 6 heteroatoms. The van der Waals surface area contributed by atoms with Crippen LogP contribution in [0.3, 0.4) is 0 Å². The molecule has 0 aliphatic carbocycles. The van der Waals surface area contributed by atoms with E-state index in [-0.39, 0.29) is 17.7 Å². The summed E-state index contributed by atoms with van der Waals surface area (Å²) in [6.45, 7) is 0.363. The Morgan fingerprint density at radius 3 is 2.52 bits per heavy atom. The zero-order chi connectivity index (χ0) is 15.0. The molecule has 3 rings (SSSR count). The maximum atomic E-state index is 14.2. The summed E-state index contributed by atoms with van der Waals surface area (Å²) in [6, 6.07) is 10.5. The number of anilines is 1. The molecule has 0 amide bonds. The second kappa shape index (κ2) is 5.44. The van der Waals surface area contributed by atoms with Crippen LogP contribution in [0.2, 0.25) is 0 Å². The third-order valence-corrected chi connectivity index (χ3v) is 3.90. The number of benzene rings is 2. The first-order valence-corrected chi connectivity index (χ1v) is 7.15. The maximum absolute atomic E-state index is 14.2. The van der Waals surface area contributed by atoms with Crippen molar-refractivity contribution in [2.24, 2.45) is 10.7 Å². The van der Waals surface area contributed by atoms with Crippen LogP contribution in [0.25, 0.3) is 0 Å². The summed E-state index contributed by atoms with van der Waals surface area (Å²) >= 11 is 3.24. The van der Waals surface area contributed by atoms with Crippen molar-refractivity contribution >= 4 is 27.6 Å². The van der Waals surface area contributed by atoms with Crippen molar-refractivity contribution in [2.75, 3.05) is 11.4 Å². The average molecular weight is 352 g/mol. The number of rotatable bonds is 2. The number of nitrogens with zero attached hydrogens (tertiary/aromatic N) is 2. The van der Waals surface area contributed by atoms with Gasteiger partial charge in [0.15, 0.2) is 5.96 Å². The minimum atomic E-state index is -0.333. The molecule has 1 atom stereocenters. The molecule has 0 saturated carbocycles. The van der Waals surface area contributed by atoms with Crippen LogP contribution in [0.1, 0.15) is 11.6 Å². The molecule has 0 bridgehead atoms. The zero-order valence-corrected chi connectivity index (χ0v) is 12.5. The Hall–Kier alpha value is -1.95. The van der Waals surface area contributed by atoms with Crippen LogP contribution in [0.15, 0.2) is 51.9 Å². The third kappa shape index (κ3) is 2.63. The summed E-state index contributed by atoms with van der Waals surface area (Å²) in [7, 11) is 0. The molecule has 1 unspecified atom stereocenters. The minimum absolute atomic E-state index is 0.300. The molecule has 2 aromatic rings. The van der Waals surface area contributed by atoms with Crippen LogP contribution in [0, 0.1) is 11.6 Å². The molecule has 0 spiro atoms. The second-order valence-corrected chi connectivity index (χ2v) is 5.64. The molecule has 0 aromatic heterocycles. The Kier molecular flexibility index (Phi) is 3.63. The van der Waals surface area contributed by atoms with E-state index >= 15 is 0 Å². The van der Waals surface area contributed by atoms with Gasteiger partial charge >= 0.3 is 0 Å². The Labute approximate surface area is 129 Å². The van der Waals surface area contributed by atoms with Gasteiger partial charge in [-0.2, -0.15) is 0 Å². The third-order valence-electron chi connectivity index (χ3n) is 3.41. The van der Waals surface area contributed by atoms with Crippen LogP contribution < -0.4 is 10.6 Å². The number of hydrogen-bond acceptors (Lipinski definition) is 3. The monoisotopic (exact) mass is 351 g/mol. The predicted molar refractivity (Wildman–Crippen MR) is 82.2 cm³/mol. The van der Waals surface area contributed by atoms with Crippen molar-refractivity contribution in [3.05, 3.63) is 64.1 Å². The van der Waals surface area contributed by atoms with Gasteiger partial charge in [0, 0.05) is 15.7 Å². The van der Waals surface area contributed by atoms with E-state index < -0.39 is 0 Å². The predicted octanol–water partition coefficient (Wildman–Crippen LogP) is 3.60. The van der Waals surface area contributed by atoms with E-state index in [0.29, 0.717) is 28.2 Å². The summed E-state index contributed by atoms with van der Waals surface area (Å²) in [4.78, 5) is 5.90. The molecule has 2 aromatic carbocycles. The van der Waals surface area contributed by atoms with Gasteiger partial charge in [0.1, 0.15) is 11.6 Å². The van der Waals surface area contributed by atoms with Gasteiger partial charge < -0.3 is 10.6 Å². The fourth-order valence-corrected chi connectivity index (χ4v) is 2.75. The van der Waals surface area contributed by atoms with Crippen molar-refractivity contribution in [1.29, 1.82) is 0 Å². The van der Waals surface area contributed by atoms with Gasteiger partial charge in [0.2, 0.25) is 0 Å². The number of aliphatic imine (C=N–C) groups is 1. The molecule has 0 fully saturated rings. The summed E-state index contributed by atoms with van der Waals surface area (Å²) in [6.07, 6.45) is 0. The lowest BCUT2D eigenvalue weighted by atomic mass is 10.0.